The summed E-state index contributed by atoms with van der Waals surface area (Å²) in [5, 5.41) is 3.37. The largest absolute Gasteiger partial charge is 0.354 e. The molecule has 5 heteroatoms. The predicted octanol–water partition coefficient (Wildman–Crippen LogP) is 4.10. The van der Waals surface area contributed by atoms with Gasteiger partial charge >= 0.3 is 0 Å². The van der Waals surface area contributed by atoms with Gasteiger partial charge in [0.1, 0.15) is 5.69 Å². The van der Waals surface area contributed by atoms with Crippen molar-refractivity contribution in [3.8, 4) is 0 Å². The fraction of sp³-hybridized carbons (Fsp3) is 0.227. The molecule has 0 unspecified atom stereocenters. The highest BCUT2D eigenvalue weighted by molar-refractivity contribution is 5.92. The van der Waals surface area contributed by atoms with Crippen LogP contribution >= 0.6 is 0 Å². The number of benzene rings is 1. The predicted molar refractivity (Wildman–Crippen MR) is 108 cm³/mol. The zero-order valence-corrected chi connectivity index (χ0v) is 15.7. The first-order chi connectivity index (χ1) is 13.2. The summed E-state index contributed by atoms with van der Waals surface area (Å²) in [6.07, 6.45) is 6.98. The second kappa shape index (κ2) is 8.94. The van der Waals surface area contributed by atoms with Crippen molar-refractivity contribution in [1.29, 1.82) is 0 Å². The van der Waals surface area contributed by atoms with Gasteiger partial charge in [0.15, 0.2) is 0 Å². The first-order valence-corrected chi connectivity index (χ1v) is 9.12. The van der Waals surface area contributed by atoms with E-state index in [1.807, 2.05) is 36.4 Å². The van der Waals surface area contributed by atoms with Gasteiger partial charge in [-0.25, -0.2) is 4.98 Å². The summed E-state index contributed by atoms with van der Waals surface area (Å²) in [6.45, 7) is 2.76. The van der Waals surface area contributed by atoms with Crippen molar-refractivity contribution < 1.29 is 4.79 Å². The second-order valence-electron chi connectivity index (χ2n) is 6.40. The molecule has 138 valence electrons. The van der Waals surface area contributed by atoms with Gasteiger partial charge < -0.3 is 10.2 Å². The van der Waals surface area contributed by atoms with E-state index in [4.69, 9.17) is 0 Å². The first-order valence-electron chi connectivity index (χ1n) is 9.12. The number of para-hydroxylation sites is 1. The average molecular weight is 360 g/mol. The number of hydrogen-bond acceptors (Lipinski definition) is 4. The van der Waals surface area contributed by atoms with Gasteiger partial charge in [0.2, 0.25) is 0 Å². The van der Waals surface area contributed by atoms with E-state index >= 15 is 0 Å². The van der Waals surface area contributed by atoms with Crippen molar-refractivity contribution in [2.24, 2.45) is 0 Å². The summed E-state index contributed by atoms with van der Waals surface area (Å²) in [7, 11) is 1.80. The summed E-state index contributed by atoms with van der Waals surface area (Å²) < 4.78 is 0. The molecule has 2 heterocycles. The summed E-state index contributed by atoms with van der Waals surface area (Å²) in [6, 6.07) is 15.8. The molecule has 0 aliphatic rings. The topological polar surface area (TPSA) is 58.1 Å². The standard InChI is InChI=1S/C22H24N4O/c1-3-18-6-4-5-7-20(18)25-19-8-9-21(24-16-19)22(27)26(2)15-12-17-10-13-23-14-11-17/h4-11,13-14,16,25H,3,12,15H2,1-2H3. The summed E-state index contributed by atoms with van der Waals surface area (Å²) in [4.78, 5) is 22.6. The number of anilines is 2. The van der Waals surface area contributed by atoms with E-state index in [0.717, 1.165) is 29.8 Å². The normalized spacial score (nSPS) is 10.4. The number of likely N-dealkylation sites (N-methyl/N-ethyl adjacent to an activating group) is 1. The van der Waals surface area contributed by atoms with Gasteiger partial charge in [-0.15, -0.1) is 0 Å². The number of hydrogen-bond donors (Lipinski definition) is 1. The third kappa shape index (κ3) is 4.91. The Labute approximate surface area is 160 Å². The molecule has 3 aromatic rings. The highest BCUT2D eigenvalue weighted by atomic mass is 16.2. The number of nitrogens with zero attached hydrogens (tertiary/aromatic N) is 3. The van der Waals surface area contributed by atoms with Crippen LogP contribution in [0, 0.1) is 0 Å². The molecule has 1 aromatic carbocycles. The fourth-order valence-electron chi connectivity index (χ4n) is 2.84. The second-order valence-corrected chi connectivity index (χ2v) is 6.40. The Morgan fingerprint density at radius 1 is 1.07 bits per heavy atom. The lowest BCUT2D eigenvalue weighted by Crippen LogP contribution is -2.29. The molecular formula is C22H24N4O. The maximum absolute atomic E-state index is 12.6. The number of amides is 1. The van der Waals surface area contributed by atoms with Crippen LogP contribution in [0.4, 0.5) is 11.4 Å². The molecule has 27 heavy (non-hydrogen) atoms. The van der Waals surface area contributed by atoms with E-state index in [2.05, 4.69) is 28.3 Å². The van der Waals surface area contributed by atoms with Gasteiger partial charge in [0, 0.05) is 31.7 Å². The van der Waals surface area contributed by atoms with Crippen LogP contribution in [0.2, 0.25) is 0 Å². The first kappa shape index (κ1) is 18.6. The van der Waals surface area contributed by atoms with Crippen LogP contribution in [0.25, 0.3) is 0 Å². The van der Waals surface area contributed by atoms with Crippen molar-refractivity contribution in [1.82, 2.24) is 14.9 Å². The number of pyridine rings is 2. The zero-order valence-electron chi connectivity index (χ0n) is 15.7. The molecule has 1 N–H and O–H groups in total. The lowest BCUT2D eigenvalue weighted by molar-refractivity contribution is 0.0791. The van der Waals surface area contributed by atoms with Gasteiger partial charge in [-0.1, -0.05) is 25.1 Å². The molecule has 0 fully saturated rings. The fourth-order valence-corrected chi connectivity index (χ4v) is 2.84. The van der Waals surface area contributed by atoms with Crippen molar-refractivity contribution in [3.05, 3.63) is 83.9 Å². The number of nitrogens with one attached hydrogen (secondary N) is 1. The Bertz CT molecular complexity index is 878. The van der Waals surface area contributed by atoms with E-state index in [0.29, 0.717) is 12.2 Å². The minimum Gasteiger partial charge on any atom is -0.354 e. The minimum atomic E-state index is -0.0791. The van der Waals surface area contributed by atoms with E-state index in [9.17, 15) is 4.79 Å². The van der Waals surface area contributed by atoms with Gasteiger partial charge in [-0.3, -0.25) is 9.78 Å². The molecule has 0 radical (unpaired) electrons. The molecule has 3 rings (SSSR count). The van der Waals surface area contributed by atoms with Crippen LogP contribution in [0.15, 0.2) is 67.1 Å². The number of rotatable bonds is 7. The van der Waals surface area contributed by atoms with Crippen LogP contribution in [0.3, 0.4) is 0 Å². The minimum absolute atomic E-state index is 0.0791. The molecule has 0 spiro atoms. The summed E-state index contributed by atoms with van der Waals surface area (Å²) in [5.41, 5.74) is 4.78. The van der Waals surface area contributed by atoms with Crippen LogP contribution < -0.4 is 5.32 Å². The molecule has 0 bridgehead atoms. The number of carbonyl (C=O) groups is 1. The van der Waals surface area contributed by atoms with Gasteiger partial charge in [0.25, 0.3) is 5.91 Å². The maximum atomic E-state index is 12.6. The zero-order chi connectivity index (χ0) is 19.1. The monoisotopic (exact) mass is 360 g/mol. The van der Waals surface area contributed by atoms with Crippen molar-refractivity contribution in [3.63, 3.8) is 0 Å². The van der Waals surface area contributed by atoms with Crippen LogP contribution in [0.1, 0.15) is 28.5 Å². The third-order valence-corrected chi connectivity index (χ3v) is 4.49. The maximum Gasteiger partial charge on any atom is 0.272 e. The Morgan fingerprint density at radius 3 is 2.56 bits per heavy atom. The average Bonchev–Trinajstić information content (AvgIpc) is 2.73. The number of carbonyl (C=O) groups excluding carboxylic acids is 1. The van der Waals surface area contributed by atoms with Crippen LogP contribution in [0.5, 0.6) is 0 Å². The van der Waals surface area contributed by atoms with Crippen molar-refractivity contribution in [2.45, 2.75) is 19.8 Å². The number of aryl methyl sites for hydroxylation is 1. The Morgan fingerprint density at radius 2 is 1.85 bits per heavy atom. The molecule has 0 aliphatic heterocycles. The van der Waals surface area contributed by atoms with Gasteiger partial charge in [-0.05, 0) is 54.3 Å². The lowest BCUT2D eigenvalue weighted by Gasteiger charge is -2.17. The highest BCUT2D eigenvalue weighted by Gasteiger charge is 2.13. The van der Waals surface area contributed by atoms with Crippen molar-refractivity contribution in [2.75, 3.05) is 18.9 Å². The van der Waals surface area contributed by atoms with E-state index in [1.165, 1.54) is 5.56 Å². The highest BCUT2D eigenvalue weighted by Crippen LogP contribution is 2.21. The SMILES string of the molecule is CCc1ccccc1Nc1ccc(C(=O)N(C)CCc2ccncc2)nc1. The summed E-state index contributed by atoms with van der Waals surface area (Å²) >= 11 is 0. The molecule has 1 amide bonds. The molecule has 0 aliphatic carbocycles. The van der Waals surface area contributed by atoms with E-state index < -0.39 is 0 Å². The van der Waals surface area contributed by atoms with Crippen LogP contribution in [-0.2, 0) is 12.8 Å². The molecular weight excluding hydrogens is 336 g/mol. The van der Waals surface area contributed by atoms with Gasteiger partial charge in [0.05, 0.1) is 11.9 Å². The van der Waals surface area contributed by atoms with Crippen LogP contribution in [-0.4, -0.2) is 34.4 Å². The molecule has 0 saturated carbocycles. The number of aromatic nitrogens is 2. The third-order valence-electron chi connectivity index (χ3n) is 4.49. The van der Waals surface area contributed by atoms with Crippen molar-refractivity contribution >= 4 is 17.3 Å². The van der Waals surface area contributed by atoms with E-state index in [1.54, 1.807) is 36.6 Å². The smallest absolute Gasteiger partial charge is 0.272 e. The Balaban J connectivity index is 1.61. The molecule has 2 aromatic heterocycles. The Hall–Kier alpha value is -3.21. The quantitative estimate of drug-likeness (QED) is 0.689. The van der Waals surface area contributed by atoms with Gasteiger partial charge in [-0.2, -0.15) is 0 Å². The lowest BCUT2D eigenvalue weighted by atomic mass is 10.1. The summed E-state index contributed by atoms with van der Waals surface area (Å²) in [5.74, 6) is -0.0791. The van der Waals surface area contributed by atoms with E-state index in [-0.39, 0.29) is 5.91 Å². The molecule has 0 atom stereocenters. The Kier molecular flexibility index (Phi) is 6.15. The molecule has 0 saturated heterocycles. The molecule has 5 nitrogen and oxygen atoms in total.